The Hall–Kier alpha value is -2.50. The van der Waals surface area contributed by atoms with Crippen LogP contribution in [0.2, 0.25) is 0 Å². The third kappa shape index (κ3) is 2.09. The number of rotatable bonds is 1. The van der Waals surface area contributed by atoms with Gasteiger partial charge in [0.25, 0.3) is 0 Å². The predicted molar refractivity (Wildman–Crippen MR) is 70.5 cm³/mol. The lowest BCUT2D eigenvalue weighted by Gasteiger charge is -2.09. The Morgan fingerprint density at radius 1 is 1.05 bits per heavy atom. The third-order valence-electron chi connectivity index (χ3n) is 3.03. The number of benzene rings is 1. The largest absolute Gasteiger partial charge is 0.416 e. The van der Waals surface area contributed by atoms with Gasteiger partial charge in [0.2, 0.25) is 0 Å². The summed E-state index contributed by atoms with van der Waals surface area (Å²) >= 11 is 0. The van der Waals surface area contributed by atoms with E-state index >= 15 is 0 Å². The van der Waals surface area contributed by atoms with Gasteiger partial charge in [-0.3, -0.25) is 0 Å². The molecule has 0 aliphatic rings. The number of pyridine rings is 1. The van der Waals surface area contributed by atoms with Crippen LogP contribution >= 0.6 is 0 Å². The van der Waals surface area contributed by atoms with Gasteiger partial charge in [-0.15, -0.1) is 0 Å². The van der Waals surface area contributed by atoms with Crippen LogP contribution in [0.15, 0.2) is 48.8 Å². The van der Waals surface area contributed by atoms with Crippen LogP contribution in [0.1, 0.15) is 5.56 Å². The van der Waals surface area contributed by atoms with Gasteiger partial charge in [-0.05, 0) is 36.4 Å². The fourth-order valence-electron chi connectivity index (χ4n) is 2.09. The Morgan fingerprint density at radius 2 is 1.85 bits per heavy atom. The Labute approximate surface area is 112 Å². The highest BCUT2D eigenvalue weighted by atomic mass is 19.4. The van der Waals surface area contributed by atoms with Crippen molar-refractivity contribution in [2.24, 2.45) is 0 Å². The second-order valence-corrected chi connectivity index (χ2v) is 4.40. The average molecular weight is 277 g/mol. The SMILES string of the molecule is Nc1ccc2c(ccn2-c2cc(C(F)(F)F)ccn2)c1. The highest BCUT2D eigenvalue weighted by Crippen LogP contribution is 2.30. The molecule has 0 spiro atoms. The lowest BCUT2D eigenvalue weighted by Crippen LogP contribution is -2.07. The van der Waals surface area contributed by atoms with Crippen molar-refractivity contribution in [3.8, 4) is 5.82 Å². The molecule has 0 saturated heterocycles. The van der Waals surface area contributed by atoms with E-state index in [2.05, 4.69) is 4.98 Å². The van der Waals surface area contributed by atoms with Crippen molar-refractivity contribution >= 4 is 16.6 Å². The van der Waals surface area contributed by atoms with Gasteiger partial charge in [-0.25, -0.2) is 4.98 Å². The number of hydrogen-bond acceptors (Lipinski definition) is 2. The van der Waals surface area contributed by atoms with Gasteiger partial charge in [0.1, 0.15) is 5.82 Å². The van der Waals surface area contributed by atoms with Gasteiger partial charge >= 0.3 is 6.18 Å². The van der Waals surface area contributed by atoms with Gasteiger partial charge in [0.05, 0.1) is 11.1 Å². The fraction of sp³-hybridized carbons (Fsp3) is 0.0714. The number of halogens is 3. The van der Waals surface area contributed by atoms with E-state index in [1.54, 1.807) is 35.0 Å². The summed E-state index contributed by atoms with van der Waals surface area (Å²) in [7, 11) is 0. The molecule has 0 saturated carbocycles. The number of nitrogen functional groups attached to an aromatic ring is 1. The van der Waals surface area contributed by atoms with E-state index in [1.165, 1.54) is 0 Å². The maximum absolute atomic E-state index is 12.7. The second-order valence-electron chi connectivity index (χ2n) is 4.40. The molecule has 1 aromatic carbocycles. The second kappa shape index (κ2) is 4.26. The summed E-state index contributed by atoms with van der Waals surface area (Å²) in [5, 5.41) is 0.851. The number of fused-ring (bicyclic) bond motifs is 1. The normalized spacial score (nSPS) is 11.9. The molecule has 0 bridgehead atoms. The molecule has 0 aliphatic carbocycles. The van der Waals surface area contributed by atoms with Crippen molar-refractivity contribution in [3.63, 3.8) is 0 Å². The van der Waals surface area contributed by atoms with Crippen LogP contribution in [0.5, 0.6) is 0 Å². The topological polar surface area (TPSA) is 43.8 Å². The van der Waals surface area contributed by atoms with Crippen molar-refractivity contribution < 1.29 is 13.2 Å². The fourth-order valence-corrected chi connectivity index (χ4v) is 2.09. The van der Waals surface area contributed by atoms with Gasteiger partial charge in [-0.2, -0.15) is 13.2 Å². The quantitative estimate of drug-likeness (QED) is 0.690. The highest BCUT2D eigenvalue weighted by molar-refractivity contribution is 5.84. The van der Waals surface area contributed by atoms with Crippen LogP contribution in [0.3, 0.4) is 0 Å². The average Bonchev–Trinajstić information content (AvgIpc) is 2.80. The zero-order chi connectivity index (χ0) is 14.3. The molecule has 0 unspecified atom stereocenters. The molecule has 2 aromatic heterocycles. The van der Waals surface area contributed by atoms with E-state index in [0.29, 0.717) is 5.69 Å². The van der Waals surface area contributed by atoms with Crippen LogP contribution < -0.4 is 5.73 Å². The number of nitrogens with two attached hydrogens (primary N) is 1. The first-order valence-electron chi connectivity index (χ1n) is 5.85. The molecular formula is C14H10F3N3. The summed E-state index contributed by atoms with van der Waals surface area (Å²) in [6.45, 7) is 0. The predicted octanol–water partition coefficient (Wildman–Crippen LogP) is 3.63. The molecule has 20 heavy (non-hydrogen) atoms. The summed E-state index contributed by atoms with van der Waals surface area (Å²) in [4.78, 5) is 4.00. The molecule has 2 heterocycles. The first kappa shape index (κ1) is 12.5. The molecule has 0 fully saturated rings. The van der Waals surface area contributed by atoms with Crippen molar-refractivity contribution in [2.75, 3.05) is 5.73 Å². The van der Waals surface area contributed by atoms with E-state index < -0.39 is 11.7 Å². The molecule has 3 nitrogen and oxygen atoms in total. The van der Waals surface area contributed by atoms with Gasteiger partial charge in [0.15, 0.2) is 0 Å². The van der Waals surface area contributed by atoms with Gasteiger partial charge < -0.3 is 10.3 Å². The number of nitrogens with zero attached hydrogens (tertiary/aromatic N) is 2. The minimum atomic E-state index is -4.38. The lowest BCUT2D eigenvalue weighted by molar-refractivity contribution is -0.137. The minimum Gasteiger partial charge on any atom is -0.399 e. The summed E-state index contributed by atoms with van der Waals surface area (Å²) in [6.07, 6.45) is -1.56. The summed E-state index contributed by atoms with van der Waals surface area (Å²) in [6, 6.07) is 8.98. The smallest absolute Gasteiger partial charge is 0.399 e. The van der Waals surface area contributed by atoms with Crippen molar-refractivity contribution in [3.05, 3.63) is 54.4 Å². The molecular weight excluding hydrogens is 267 g/mol. The zero-order valence-electron chi connectivity index (χ0n) is 10.2. The summed E-state index contributed by atoms with van der Waals surface area (Å²) < 4.78 is 39.8. The summed E-state index contributed by atoms with van der Waals surface area (Å²) in [5.74, 6) is 0.222. The summed E-state index contributed by atoms with van der Waals surface area (Å²) in [5.41, 5.74) is 6.32. The van der Waals surface area contributed by atoms with E-state index in [1.807, 2.05) is 0 Å². The van der Waals surface area contributed by atoms with Gasteiger partial charge in [0, 0.05) is 23.5 Å². The Morgan fingerprint density at radius 3 is 2.60 bits per heavy atom. The number of alkyl halides is 3. The first-order valence-corrected chi connectivity index (χ1v) is 5.85. The standard InChI is InChI=1S/C14H10F3N3/c15-14(16,17)10-3-5-19-13(8-10)20-6-4-9-7-11(18)1-2-12(9)20/h1-8H,18H2. The molecule has 6 heteroatoms. The molecule has 102 valence electrons. The number of anilines is 1. The molecule has 0 radical (unpaired) electrons. The minimum absolute atomic E-state index is 0.222. The van der Waals surface area contributed by atoms with Crippen LogP contribution in [0.4, 0.5) is 18.9 Å². The highest BCUT2D eigenvalue weighted by Gasteiger charge is 2.30. The maximum atomic E-state index is 12.7. The van der Waals surface area contributed by atoms with E-state index in [9.17, 15) is 13.2 Å². The molecule has 2 N–H and O–H groups in total. The Bertz CT molecular complexity index is 775. The van der Waals surface area contributed by atoms with Crippen LogP contribution in [0, 0.1) is 0 Å². The van der Waals surface area contributed by atoms with Crippen molar-refractivity contribution in [1.82, 2.24) is 9.55 Å². The Balaban J connectivity index is 2.16. The molecule has 0 aliphatic heterocycles. The molecule has 3 rings (SSSR count). The van der Waals surface area contributed by atoms with E-state index in [-0.39, 0.29) is 5.82 Å². The van der Waals surface area contributed by atoms with Crippen LogP contribution in [-0.2, 0) is 6.18 Å². The Kier molecular flexibility index (Phi) is 2.67. The molecule has 0 amide bonds. The lowest BCUT2D eigenvalue weighted by atomic mass is 10.2. The van der Waals surface area contributed by atoms with E-state index in [4.69, 9.17) is 5.73 Å². The maximum Gasteiger partial charge on any atom is 0.416 e. The van der Waals surface area contributed by atoms with Gasteiger partial charge in [-0.1, -0.05) is 0 Å². The number of aromatic nitrogens is 2. The third-order valence-corrected chi connectivity index (χ3v) is 3.03. The van der Waals surface area contributed by atoms with E-state index in [0.717, 1.165) is 29.2 Å². The van der Waals surface area contributed by atoms with Crippen LogP contribution in [0.25, 0.3) is 16.7 Å². The van der Waals surface area contributed by atoms with Crippen molar-refractivity contribution in [1.29, 1.82) is 0 Å². The first-order chi connectivity index (χ1) is 9.45. The molecule has 3 aromatic rings. The zero-order valence-corrected chi connectivity index (χ0v) is 10.2. The number of hydrogen-bond donors (Lipinski definition) is 1. The van der Waals surface area contributed by atoms with Crippen molar-refractivity contribution in [2.45, 2.75) is 6.18 Å². The monoisotopic (exact) mass is 277 g/mol. The molecule has 0 atom stereocenters. The van der Waals surface area contributed by atoms with Crippen LogP contribution in [-0.4, -0.2) is 9.55 Å².